The number of primary amides is 1. The van der Waals surface area contributed by atoms with Gasteiger partial charge in [-0.05, 0) is 35.2 Å². The Hall–Kier alpha value is -1.94. The van der Waals surface area contributed by atoms with Gasteiger partial charge in [0.25, 0.3) is 5.91 Å². The van der Waals surface area contributed by atoms with Crippen LogP contribution in [0.1, 0.15) is 36.7 Å². The lowest BCUT2D eigenvalue weighted by atomic mass is 9.87. The number of para-hydroxylation sites is 1. The van der Waals surface area contributed by atoms with Gasteiger partial charge in [-0.3, -0.25) is 4.79 Å². The average molecular weight is 300 g/mol. The molecule has 0 aromatic heterocycles. The van der Waals surface area contributed by atoms with Crippen LogP contribution in [0.3, 0.4) is 0 Å². The highest BCUT2D eigenvalue weighted by atomic mass is 32.2. The zero-order valence-electron chi connectivity index (χ0n) is 12.5. The molecule has 0 aliphatic heterocycles. The number of carbonyl (C=O) groups is 1. The van der Waals surface area contributed by atoms with Crippen molar-refractivity contribution < 1.29 is 4.79 Å². The van der Waals surface area contributed by atoms with Crippen molar-refractivity contribution >= 4 is 23.4 Å². The van der Waals surface area contributed by atoms with E-state index in [1.54, 1.807) is 12.1 Å². The highest BCUT2D eigenvalue weighted by Gasteiger charge is 2.14. The zero-order chi connectivity index (χ0) is 15.6. The fourth-order valence-corrected chi connectivity index (χ4v) is 2.89. The molecule has 4 heteroatoms. The molecule has 21 heavy (non-hydrogen) atoms. The van der Waals surface area contributed by atoms with Gasteiger partial charge in [0.05, 0.1) is 11.3 Å². The molecule has 0 fully saturated rings. The van der Waals surface area contributed by atoms with Crippen molar-refractivity contribution in [3.63, 3.8) is 0 Å². The summed E-state index contributed by atoms with van der Waals surface area (Å²) in [5.74, 6) is -0.502. The van der Waals surface area contributed by atoms with Crippen LogP contribution >= 0.6 is 11.8 Å². The highest BCUT2D eigenvalue weighted by molar-refractivity contribution is 7.99. The third kappa shape index (κ3) is 3.58. The van der Waals surface area contributed by atoms with E-state index in [1.165, 1.54) is 17.3 Å². The molecule has 0 saturated carbocycles. The summed E-state index contributed by atoms with van der Waals surface area (Å²) in [6, 6.07) is 13.7. The van der Waals surface area contributed by atoms with Gasteiger partial charge in [0.1, 0.15) is 0 Å². The number of hydrogen-bond acceptors (Lipinski definition) is 3. The van der Waals surface area contributed by atoms with Gasteiger partial charge >= 0.3 is 0 Å². The van der Waals surface area contributed by atoms with E-state index in [-0.39, 0.29) is 5.41 Å². The van der Waals surface area contributed by atoms with Crippen molar-refractivity contribution in [3.8, 4) is 0 Å². The minimum Gasteiger partial charge on any atom is -0.397 e. The number of nitrogens with two attached hydrogens (primary N) is 2. The largest absolute Gasteiger partial charge is 0.397 e. The van der Waals surface area contributed by atoms with Crippen LogP contribution in [-0.4, -0.2) is 5.91 Å². The van der Waals surface area contributed by atoms with Crippen molar-refractivity contribution in [2.75, 3.05) is 5.73 Å². The summed E-state index contributed by atoms with van der Waals surface area (Å²) in [6.45, 7) is 6.55. The van der Waals surface area contributed by atoms with Crippen LogP contribution in [0, 0.1) is 0 Å². The van der Waals surface area contributed by atoms with E-state index in [0.29, 0.717) is 11.3 Å². The monoisotopic (exact) mass is 300 g/mol. The number of anilines is 1. The normalized spacial score (nSPS) is 11.4. The number of hydrogen-bond donors (Lipinski definition) is 2. The molecular formula is C17H20N2OS. The molecule has 2 aromatic carbocycles. The van der Waals surface area contributed by atoms with Gasteiger partial charge in [0.2, 0.25) is 0 Å². The number of benzene rings is 2. The van der Waals surface area contributed by atoms with Crippen LogP contribution in [0.4, 0.5) is 5.69 Å². The summed E-state index contributed by atoms with van der Waals surface area (Å²) in [4.78, 5) is 13.2. The molecule has 0 aliphatic carbocycles. The Bertz CT molecular complexity index is 657. The highest BCUT2D eigenvalue weighted by Crippen LogP contribution is 2.34. The second-order valence-corrected chi connectivity index (χ2v) is 7.07. The molecule has 2 aromatic rings. The Morgan fingerprint density at radius 3 is 2.19 bits per heavy atom. The van der Waals surface area contributed by atoms with E-state index in [1.807, 2.05) is 6.07 Å². The molecule has 0 spiro atoms. The standard InChI is InChI=1S/C17H20N2OS/c1-17(2,3)11-7-9-12(10-8-11)21-14-6-4-5-13(15(14)18)16(19)20/h4-10H,18H2,1-3H3,(H2,19,20). The molecule has 0 unspecified atom stereocenters. The summed E-state index contributed by atoms with van der Waals surface area (Å²) >= 11 is 1.53. The first kappa shape index (κ1) is 15.4. The maximum absolute atomic E-state index is 11.3. The molecule has 0 radical (unpaired) electrons. The van der Waals surface area contributed by atoms with E-state index in [0.717, 1.165) is 9.79 Å². The summed E-state index contributed by atoms with van der Waals surface area (Å²) in [5.41, 5.74) is 13.5. The van der Waals surface area contributed by atoms with Gasteiger partial charge in [0, 0.05) is 9.79 Å². The summed E-state index contributed by atoms with van der Waals surface area (Å²) in [5, 5.41) is 0. The van der Waals surface area contributed by atoms with E-state index in [2.05, 4.69) is 45.0 Å². The SMILES string of the molecule is CC(C)(C)c1ccc(Sc2cccc(C(N)=O)c2N)cc1. The molecule has 0 saturated heterocycles. The molecule has 0 aliphatic rings. The van der Waals surface area contributed by atoms with E-state index >= 15 is 0 Å². The summed E-state index contributed by atoms with van der Waals surface area (Å²) in [7, 11) is 0. The topological polar surface area (TPSA) is 69.1 Å². The number of rotatable bonds is 3. The van der Waals surface area contributed by atoms with Gasteiger partial charge in [-0.15, -0.1) is 0 Å². The van der Waals surface area contributed by atoms with Crippen molar-refractivity contribution in [3.05, 3.63) is 53.6 Å². The lowest BCUT2D eigenvalue weighted by Gasteiger charge is -2.19. The molecule has 2 rings (SSSR count). The first-order valence-electron chi connectivity index (χ1n) is 6.76. The first-order chi connectivity index (χ1) is 9.79. The fourth-order valence-electron chi connectivity index (χ4n) is 2.00. The molecule has 3 nitrogen and oxygen atoms in total. The van der Waals surface area contributed by atoms with Crippen LogP contribution in [0.15, 0.2) is 52.3 Å². The predicted molar refractivity (Wildman–Crippen MR) is 88.6 cm³/mol. The van der Waals surface area contributed by atoms with Gasteiger partial charge in [0.15, 0.2) is 0 Å². The van der Waals surface area contributed by atoms with Gasteiger partial charge < -0.3 is 11.5 Å². The minimum absolute atomic E-state index is 0.133. The molecular weight excluding hydrogens is 280 g/mol. The van der Waals surface area contributed by atoms with Crippen molar-refractivity contribution in [2.45, 2.75) is 36.0 Å². The molecule has 1 amide bonds. The average Bonchev–Trinajstić information content (AvgIpc) is 2.40. The molecule has 0 atom stereocenters. The molecule has 4 N–H and O–H groups in total. The summed E-state index contributed by atoms with van der Waals surface area (Å²) in [6.07, 6.45) is 0. The lowest BCUT2D eigenvalue weighted by Crippen LogP contribution is -2.13. The van der Waals surface area contributed by atoms with Crippen molar-refractivity contribution in [2.24, 2.45) is 5.73 Å². The number of nitrogen functional groups attached to an aromatic ring is 1. The van der Waals surface area contributed by atoms with Crippen LogP contribution in [0.5, 0.6) is 0 Å². The van der Waals surface area contributed by atoms with E-state index < -0.39 is 5.91 Å². The Labute approximate surface area is 129 Å². The Balaban J connectivity index is 2.27. The zero-order valence-corrected chi connectivity index (χ0v) is 13.3. The molecule has 110 valence electrons. The number of carbonyl (C=O) groups excluding carboxylic acids is 1. The maximum atomic E-state index is 11.3. The van der Waals surface area contributed by atoms with Gasteiger partial charge in [-0.2, -0.15) is 0 Å². The summed E-state index contributed by atoms with van der Waals surface area (Å²) < 4.78 is 0. The second-order valence-electron chi connectivity index (χ2n) is 5.96. The predicted octanol–water partition coefficient (Wildman–Crippen LogP) is 3.82. The van der Waals surface area contributed by atoms with Gasteiger partial charge in [-0.1, -0.05) is 50.7 Å². The van der Waals surface area contributed by atoms with Crippen molar-refractivity contribution in [1.29, 1.82) is 0 Å². The van der Waals surface area contributed by atoms with Crippen LogP contribution in [0.25, 0.3) is 0 Å². The fraction of sp³-hybridized carbons (Fsp3) is 0.235. The second kappa shape index (κ2) is 5.82. The Morgan fingerprint density at radius 2 is 1.67 bits per heavy atom. The molecule has 0 heterocycles. The third-order valence-corrected chi connectivity index (χ3v) is 4.36. The van der Waals surface area contributed by atoms with E-state index in [4.69, 9.17) is 11.5 Å². The number of amides is 1. The smallest absolute Gasteiger partial charge is 0.250 e. The van der Waals surface area contributed by atoms with Crippen molar-refractivity contribution in [1.82, 2.24) is 0 Å². The van der Waals surface area contributed by atoms with Crippen LogP contribution in [-0.2, 0) is 5.41 Å². The maximum Gasteiger partial charge on any atom is 0.250 e. The third-order valence-electron chi connectivity index (χ3n) is 3.28. The first-order valence-corrected chi connectivity index (χ1v) is 7.57. The van der Waals surface area contributed by atoms with E-state index in [9.17, 15) is 4.79 Å². The minimum atomic E-state index is -0.502. The lowest BCUT2D eigenvalue weighted by molar-refractivity contribution is 0.100. The van der Waals surface area contributed by atoms with Crippen LogP contribution < -0.4 is 11.5 Å². The Kier molecular flexibility index (Phi) is 4.28. The van der Waals surface area contributed by atoms with Gasteiger partial charge in [-0.25, -0.2) is 0 Å². The quantitative estimate of drug-likeness (QED) is 0.847. The molecule has 0 bridgehead atoms. The Morgan fingerprint density at radius 1 is 1.05 bits per heavy atom. The van der Waals surface area contributed by atoms with Crippen LogP contribution in [0.2, 0.25) is 0 Å².